The van der Waals surface area contributed by atoms with Gasteiger partial charge < -0.3 is 10.6 Å². The van der Waals surface area contributed by atoms with Gasteiger partial charge in [0, 0.05) is 56.3 Å². The van der Waals surface area contributed by atoms with Gasteiger partial charge in [0.2, 0.25) is 0 Å². The molecular formula is C14H21N5. The molecule has 0 amide bonds. The van der Waals surface area contributed by atoms with Crippen LogP contribution < -0.4 is 5.73 Å². The zero-order valence-electron chi connectivity index (χ0n) is 11.5. The molecule has 102 valence electrons. The molecule has 0 spiro atoms. The molecule has 5 heteroatoms. The molecule has 0 fully saturated rings. The Morgan fingerprint density at radius 1 is 1.42 bits per heavy atom. The highest BCUT2D eigenvalue weighted by molar-refractivity contribution is 5.10. The second kappa shape index (κ2) is 6.45. The molecule has 0 radical (unpaired) electrons. The number of likely N-dealkylation sites (N-methyl/N-ethyl adjacent to an activating group) is 1. The highest BCUT2D eigenvalue weighted by Crippen LogP contribution is 2.09. The van der Waals surface area contributed by atoms with Gasteiger partial charge in [0.25, 0.3) is 0 Å². The van der Waals surface area contributed by atoms with Gasteiger partial charge in [-0.2, -0.15) is 5.10 Å². The molecular weight excluding hydrogens is 238 g/mol. The van der Waals surface area contributed by atoms with Crippen LogP contribution in [-0.2, 0) is 13.5 Å². The third-order valence-electron chi connectivity index (χ3n) is 3.14. The van der Waals surface area contributed by atoms with Crippen molar-refractivity contribution in [1.29, 1.82) is 0 Å². The fourth-order valence-electron chi connectivity index (χ4n) is 2.02. The molecule has 0 saturated carbocycles. The molecule has 0 bridgehead atoms. The molecule has 2 N–H and O–H groups in total. The average Bonchev–Trinajstić information content (AvgIpc) is 2.84. The minimum Gasteiger partial charge on any atom is -0.323 e. The van der Waals surface area contributed by atoms with Gasteiger partial charge >= 0.3 is 0 Å². The SMILES string of the molecule is CN(CCc1ccccn1)CC(N)c1cnn(C)c1. The Kier molecular flexibility index (Phi) is 4.65. The third-order valence-corrected chi connectivity index (χ3v) is 3.14. The Hall–Kier alpha value is -1.72. The van der Waals surface area contributed by atoms with Crippen molar-refractivity contribution in [2.45, 2.75) is 12.5 Å². The van der Waals surface area contributed by atoms with Crippen LogP contribution in [0.25, 0.3) is 0 Å². The van der Waals surface area contributed by atoms with Gasteiger partial charge in [-0.15, -0.1) is 0 Å². The second-order valence-corrected chi connectivity index (χ2v) is 4.89. The fourth-order valence-corrected chi connectivity index (χ4v) is 2.02. The lowest BCUT2D eigenvalue weighted by atomic mass is 10.1. The van der Waals surface area contributed by atoms with Crippen molar-refractivity contribution >= 4 is 0 Å². The van der Waals surface area contributed by atoms with Crippen molar-refractivity contribution in [3.05, 3.63) is 48.0 Å². The highest BCUT2D eigenvalue weighted by Gasteiger charge is 2.11. The molecule has 0 aromatic carbocycles. The van der Waals surface area contributed by atoms with E-state index in [0.717, 1.165) is 30.8 Å². The van der Waals surface area contributed by atoms with Crippen LogP contribution in [0, 0.1) is 0 Å². The lowest BCUT2D eigenvalue weighted by Crippen LogP contribution is -2.30. The summed E-state index contributed by atoms with van der Waals surface area (Å²) in [6, 6.07) is 6.01. The first-order chi connectivity index (χ1) is 9.15. The Morgan fingerprint density at radius 2 is 2.26 bits per heavy atom. The molecule has 5 nitrogen and oxygen atoms in total. The number of aryl methyl sites for hydroxylation is 1. The largest absolute Gasteiger partial charge is 0.323 e. The van der Waals surface area contributed by atoms with E-state index in [1.54, 1.807) is 4.68 Å². The number of hydrogen-bond acceptors (Lipinski definition) is 4. The van der Waals surface area contributed by atoms with Crippen molar-refractivity contribution in [3.63, 3.8) is 0 Å². The quantitative estimate of drug-likeness (QED) is 0.840. The first-order valence-corrected chi connectivity index (χ1v) is 6.47. The highest BCUT2D eigenvalue weighted by atomic mass is 15.2. The fraction of sp³-hybridized carbons (Fsp3) is 0.429. The van der Waals surface area contributed by atoms with E-state index in [1.165, 1.54) is 0 Å². The normalized spacial score (nSPS) is 12.8. The predicted molar refractivity (Wildman–Crippen MR) is 75.6 cm³/mol. The number of pyridine rings is 1. The Morgan fingerprint density at radius 3 is 2.89 bits per heavy atom. The van der Waals surface area contributed by atoms with Gasteiger partial charge in [-0.25, -0.2) is 0 Å². The van der Waals surface area contributed by atoms with E-state index < -0.39 is 0 Å². The topological polar surface area (TPSA) is 60.0 Å². The van der Waals surface area contributed by atoms with Crippen LogP contribution in [0.2, 0.25) is 0 Å². The summed E-state index contributed by atoms with van der Waals surface area (Å²) >= 11 is 0. The van der Waals surface area contributed by atoms with E-state index >= 15 is 0 Å². The Bertz CT molecular complexity index is 494. The molecule has 0 aliphatic carbocycles. The lowest BCUT2D eigenvalue weighted by Gasteiger charge is -2.20. The van der Waals surface area contributed by atoms with Gasteiger partial charge in [-0.3, -0.25) is 9.67 Å². The average molecular weight is 259 g/mol. The smallest absolute Gasteiger partial charge is 0.0537 e. The first-order valence-electron chi connectivity index (χ1n) is 6.47. The van der Waals surface area contributed by atoms with E-state index in [4.69, 9.17) is 5.73 Å². The molecule has 2 heterocycles. The van der Waals surface area contributed by atoms with Crippen molar-refractivity contribution in [2.24, 2.45) is 12.8 Å². The van der Waals surface area contributed by atoms with Crippen molar-refractivity contribution in [2.75, 3.05) is 20.1 Å². The van der Waals surface area contributed by atoms with Gasteiger partial charge in [0.05, 0.1) is 6.20 Å². The first kappa shape index (κ1) is 13.7. The van der Waals surface area contributed by atoms with Crippen LogP contribution in [0.15, 0.2) is 36.8 Å². The summed E-state index contributed by atoms with van der Waals surface area (Å²) in [5.74, 6) is 0. The minimum absolute atomic E-state index is 0.00225. The van der Waals surface area contributed by atoms with Gasteiger partial charge in [-0.1, -0.05) is 6.07 Å². The van der Waals surface area contributed by atoms with E-state index in [-0.39, 0.29) is 6.04 Å². The molecule has 1 atom stereocenters. The summed E-state index contributed by atoms with van der Waals surface area (Å²) in [5.41, 5.74) is 8.36. The van der Waals surface area contributed by atoms with E-state index in [1.807, 2.05) is 37.8 Å². The maximum Gasteiger partial charge on any atom is 0.0537 e. The number of rotatable bonds is 6. The molecule has 2 rings (SSSR count). The second-order valence-electron chi connectivity index (χ2n) is 4.89. The molecule has 2 aromatic heterocycles. The van der Waals surface area contributed by atoms with E-state index in [0.29, 0.717) is 0 Å². The molecule has 0 saturated heterocycles. The maximum absolute atomic E-state index is 6.17. The van der Waals surface area contributed by atoms with Crippen molar-refractivity contribution in [3.8, 4) is 0 Å². The van der Waals surface area contributed by atoms with E-state index in [2.05, 4.69) is 28.1 Å². The molecule has 1 unspecified atom stereocenters. The molecule has 2 aromatic rings. The molecule has 0 aliphatic heterocycles. The maximum atomic E-state index is 6.17. The van der Waals surface area contributed by atoms with Crippen LogP contribution in [0.4, 0.5) is 0 Å². The summed E-state index contributed by atoms with van der Waals surface area (Å²) in [6.45, 7) is 1.77. The van der Waals surface area contributed by atoms with Crippen LogP contribution in [0.3, 0.4) is 0 Å². The number of nitrogens with two attached hydrogens (primary N) is 1. The summed E-state index contributed by atoms with van der Waals surface area (Å²) < 4.78 is 1.78. The van der Waals surface area contributed by atoms with Gasteiger partial charge in [0.15, 0.2) is 0 Å². The van der Waals surface area contributed by atoms with Crippen LogP contribution in [0.1, 0.15) is 17.3 Å². The predicted octanol–water partition coefficient (Wildman–Crippen LogP) is 0.989. The summed E-state index contributed by atoms with van der Waals surface area (Å²) in [7, 11) is 3.99. The summed E-state index contributed by atoms with van der Waals surface area (Å²) in [4.78, 5) is 6.55. The van der Waals surface area contributed by atoms with E-state index in [9.17, 15) is 0 Å². The number of hydrogen-bond donors (Lipinski definition) is 1. The summed E-state index contributed by atoms with van der Waals surface area (Å²) in [5, 5.41) is 4.15. The van der Waals surface area contributed by atoms with Crippen LogP contribution >= 0.6 is 0 Å². The number of aromatic nitrogens is 3. The van der Waals surface area contributed by atoms with Gasteiger partial charge in [0.1, 0.15) is 0 Å². The molecule has 0 aliphatic rings. The Balaban J connectivity index is 1.79. The van der Waals surface area contributed by atoms with Gasteiger partial charge in [-0.05, 0) is 19.2 Å². The van der Waals surface area contributed by atoms with Crippen LogP contribution in [0.5, 0.6) is 0 Å². The van der Waals surface area contributed by atoms with Crippen molar-refractivity contribution < 1.29 is 0 Å². The summed E-state index contributed by atoms with van der Waals surface area (Å²) in [6.07, 6.45) is 6.57. The lowest BCUT2D eigenvalue weighted by molar-refractivity contribution is 0.315. The van der Waals surface area contributed by atoms with Crippen LogP contribution in [-0.4, -0.2) is 39.8 Å². The standard InChI is InChI=1S/C14H21N5/c1-18(8-6-13-5-3-4-7-16-13)11-14(15)12-9-17-19(2)10-12/h3-5,7,9-10,14H,6,8,11,15H2,1-2H3. The monoisotopic (exact) mass is 259 g/mol. The third kappa shape index (κ3) is 4.15. The van der Waals surface area contributed by atoms with Crippen molar-refractivity contribution in [1.82, 2.24) is 19.7 Å². The Labute approximate surface area is 114 Å². The minimum atomic E-state index is 0.00225. The zero-order chi connectivity index (χ0) is 13.7. The number of nitrogens with zero attached hydrogens (tertiary/aromatic N) is 4. The zero-order valence-corrected chi connectivity index (χ0v) is 11.5. The molecule has 19 heavy (non-hydrogen) atoms.